The second kappa shape index (κ2) is 4.07. The molecule has 1 aromatic rings. The van der Waals surface area contributed by atoms with Crippen LogP contribution in [0.15, 0.2) is 25.0 Å². The van der Waals surface area contributed by atoms with Gasteiger partial charge in [0.15, 0.2) is 11.0 Å². The highest BCUT2D eigenvalue weighted by atomic mass is 35.5. The highest BCUT2D eigenvalue weighted by Crippen LogP contribution is 2.14. The minimum atomic E-state index is 0.138. The largest absolute Gasteiger partial charge is 0.362 e. The standard InChI is InChI=1S/C8H10ClN3/c1-3-6(2)12-8-7(9)10-4-5-11-8/h3-6H,1H2,2H3,(H,11,12). The van der Waals surface area contributed by atoms with Crippen molar-refractivity contribution in [3.63, 3.8) is 0 Å². The van der Waals surface area contributed by atoms with Crippen LogP contribution in [-0.2, 0) is 0 Å². The summed E-state index contributed by atoms with van der Waals surface area (Å²) in [6.45, 7) is 5.59. The van der Waals surface area contributed by atoms with E-state index in [1.807, 2.05) is 6.92 Å². The van der Waals surface area contributed by atoms with E-state index >= 15 is 0 Å². The first-order chi connectivity index (χ1) is 5.74. The van der Waals surface area contributed by atoms with E-state index in [9.17, 15) is 0 Å². The van der Waals surface area contributed by atoms with E-state index in [1.54, 1.807) is 18.5 Å². The Bertz CT molecular complexity index is 275. The van der Waals surface area contributed by atoms with E-state index in [-0.39, 0.29) is 6.04 Å². The van der Waals surface area contributed by atoms with E-state index in [4.69, 9.17) is 11.6 Å². The lowest BCUT2D eigenvalue weighted by Crippen LogP contribution is -2.12. The quantitative estimate of drug-likeness (QED) is 0.730. The molecule has 0 radical (unpaired) electrons. The van der Waals surface area contributed by atoms with Crippen molar-refractivity contribution < 1.29 is 0 Å². The lowest BCUT2D eigenvalue weighted by atomic mass is 10.3. The Morgan fingerprint density at radius 2 is 2.25 bits per heavy atom. The van der Waals surface area contributed by atoms with Gasteiger partial charge in [0.25, 0.3) is 0 Å². The van der Waals surface area contributed by atoms with Gasteiger partial charge < -0.3 is 5.32 Å². The number of rotatable bonds is 3. The summed E-state index contributed by atoms with van der Waals surface area (Å²) in [5, 5.41) is 3.42. The fourth-order valence-corrected chi connectivity index (χ4v) is 0.852. The van der Waals surface area contributed by atoms with E-state index in [0.717, 1.165) is 0 Å². The monoisotopic (exact) mass is 183 g/mol. The van der Waals surface area contributed by atoms with Crippen molar-refractivity contribution in [1.29, 1.82) is 0 Å². The summed E-state index contributed by atoms with van der Waals surface area (Å²) in [6, 6.07) is 0.138. The zero-order chi connectivity index (χ0) is 8.97. The van der Waals surface area contributed by atoms with Crippen LogP contribution in [0.1, 0.15) is 6.92 Å². The molecule has 1 heterocycles. The number of hydrogen-bond acceptors (Lipinski definition) is 3. The van der Waals surface area contributed by atoms with Crippen molar-refractivity contribution in [3.8, 4) is 0 Å². The third-order valence-electron chi connectivity index (χ3n) is 1.37. The SMILES string of the molecule is C=CC(C)Nc1nccnc1Cl. The Hall–Kier alpha value is -1.09. The number of anilines is 1. The van der Waals surface area contributed by atoms with Crippen molar-refractivity contribution in [2.75, 3.05) is 5.32 Å². The van der Waals surface area contributed by atoms with Gasteiger partial charge in [0.1, 0.15) is 0 Å². The molecule has 1 rings (SSSR count). The summed E-state index contributed by atoms with van der Waals surface area (Å²) >= 11 is 5.75. The van der Waals surface area contributed by atoms with Crippen molar-refractivity contribution in [2.24, 2.45) is 0 Å². The Morgan fingerprint density at radius 1 is 1.58 bits per heavy atom. The lowest BCUT2D eigenvalue weighted by Gasteiger charge is -2.09. The van der Waals surface area contributed by atoms with Gasteiger partial charge >= 0.3 is 0 Å². The van der Waals surface area contributed by atoms with Crippen molar-refractivity contribution in [1.82, 2.24) is 9.97 Å². The Morgan fingerprint density at radius 3 is 2.83 bits per heavy atom. The summed E-state index contributed by atoms with van der Waals surface area (Å²) in [5.41, 5.74) is 0. The second-order valence-corrected chi connectivity index (χ2v) is 2.72. The Balaban J connectivity index is 2.75. The van der Waals surface area contributed by atoms with Gasteiger partial charge in [-0.05, 0) is 6.92 Å². The predicted molar refractivity (Wildman–Crippen MR) is 50.3 cm³/mol. The summed E-state index contributed by atoms with van der Waals surface area (Å²) in [7, 11) is 0. The van der Waals surface area contributed by atoms with E-state index < -0.39 is 0 Å². The van der Waals surface area contributed by atoms with E-state index in [1.165, 1.54) is 0 Å². The van der Waals surface area contributed by atoms with Crippen LogP contribution >= 0.6 is 11.6 Å². The third-order valence-corrected chi connectivity index (χ3v) is 1.65. The van der Waals surface area contributed by atoms with Gasteiger partial charge in [0.2, 0.25) is 0 Å². The maximum absolute atomic E-state index is 5.75. The average Bonchev–Trinajstić information content (AvgIpc) is 2.09. The molecule has 1 N–H and O–H groups in total. The molecule has 0 amide bonds. The molecule has 0 fully saturated rings. The number of halogens is 1. The van der Waals surface area contributed by atoms with Crippen LogP contribution in [0.2, 0.25) is 5.15 Å². The number of nitrogens with one attached hydrogen (secondary N) is 1. The highest BCUT2D eigenvalue weighted by molar-refractivity contribution is 6.31. The van der Waals surface area contributed by atoms with Gasteiger partial charge in [-0.3, -0.25) is 0 Å². The molecular weight excluding hydrogens is 174 g/mol. The Labute approximate surface area is 76.5 Å². The maximum Gasteiger partial charge on any atom is 0.171 e. The normalized spacial score (nSPS) is 12.2. The molecule has 0 bridgehead atoms. The van der Waals surface area contributed by atoms with E-state index in [0.29, 0.717) is 11.0 Å². The van der Waals surface area contributed by atoms with Crippen molar-refractivity contribution >= 4 is 17.4 Å². The molecule has 3 nitrogen and oxygen atoms in total. The number of aromatic nitrogens is 2. The zero-order valence-electron chi connectivity index (χ0n) is 6.79. The molecule has 0 aromatic carbocycles. The molecule has 4 heteroatoms. The zero-order valence-corrected chi connectivity index (χ0v) is 7.54. The third kappa shape index (κ3) is 2.20. The molecule has 12 heavy (non-hydrogen) atoms. The highest BCUT2D eigenvalue weighted by Gasteiger charge is 2.02. The summed E-state index contributed by atoms with van der Waals surface area (Å²) in [6.07, 6.45) is 4.90. The average molecular weight is 184 g/mol. The minimum absolute atomic E-state index is 0.138. The van der Waals surface area contributed by atoms with Gasteiger partial charge in [-0.1, -0.05) is 17.7 Å². The predicted octanol–water partition coefficient (Wildman–Crippen LogP) is 2.12. The molecule has 0 aliphatic heterocycles. The minimum Gasteiger partial charge on any atom is -0.362 e. The molecule has 0 saturated heterocycles. The first kappa shape index (κ1) is 9.00. The second-order valence-electron chi connectivity index (χ2n) is 2.36. The molecular formula is C8H10ClN3. The fraction of sp³-hybridized carbons (Fsp3) is 0.250. The van der Waals surface area contributed by atoms with Crippen LogP contribution < -0.4 is 5.32 Å². The fourth-order valence-electron chi connectivity index (χ4n) is 0.692. The molecule has 0 saturated carbocycles. The summed E-state index contributed by atoms with van der Waals surface area (Å²) in [4.78, 5) is 7.89. The van der Waals surface area contributed by atoms with Gasteiger partial charge in [0, 0.05) is 18.4 Å². The topological polar surface area (TPSA) is 37.8 Å². The lowest BCUT2D eigenvalue weighted by molar-refractivity contribution is 0.976. The molecule has 0 aliphatic carbocycles. The number of nitrogens with zero attached hydrogens (tertiary/aromatic N) is 2. The molecule has 1 atom stereocenters. The molecule has 0 spiro atoms. The van der Waals surface area contributed by atoms with Crippen molar-refractivity contribution in [2.45, 2.75) is 13.0 Å². The first-order valence-electron chi connectivity index (χ1n) is 3.59. The van der Waals surface area contributed by atoms with Crippen LogP contribution in [0.25, 0.3) is 0 Å². The molecule has 1 aromatic heterocycles. The molecule has 1 unspecified atom stereocenters. The first-order valence-corrected chi connectivity index (χ1v) is 3.97. The summed E-state index contributed by atoms with van der Waals surface area (Å²) < 4.78 is 0. The maximum atomic E-state index is 5.75. The Kier molecular flexibility index (Phi) is 3.05. The smallest absolute Gasteiger partial charge is 0.171 e. The number of hydrogen-bond donors (Lipinski definition) is 1. The van der Waals surface area contributed by atoms with Gasteiger partial charge in [0.05, 0.1) is 0 Å². The van der Waals surface area contributed by atoms with Crippen molar-refractivity contribution in [3.05, 3.63) is 30.2 Å². The van der Waals surface area contributed by atoms with Crippen LogP contribution in [0, 0.1) is 0 Å². The molecule has 64 valence electrons. The van der Waals surface area contributed by atoms with Crippen LogP contribution in [-0.4, -0.2) is 16.0 Å². The van der Waals surface area contributed by atoms with Gasteiger partial charge in [-0.25, -0.2) is 9.97 Å². The van der Waals surface area contributed by atoms with Crippen LogP contribution in [0.3, 0.4) is 0 Å². The van der Waals surface area contributed by atoms with Crippen LogP contribution in [0.5, 0.6) is 0 Å². The van der Waals surface area contributed by atoms with Gasteiger partial charge in [-0.2, -0.15) is 0 Å². The van der Waals surface area contributed by atoms with E-state index in [2.05, 4.69) is 21.9 Å². The van der Waals surface area contributed by atoms with Gasteiger partial charge in [-0.15, -0.1) is 6.58 Å². The summed E-state index contributed by atoms with van der Waals surface area (Å²) in [5.74, 6) is 0.589. The molecule has 0 aliphatic rings. The van der Waals surface area contributed by atoms with Crippen LogP contribution in [0.4, 0.5) is 5.82 Å².